The molecular formula is C3H6NORf-. The van der Waals surface area contributed by atoms with E-state index in [2.05, 4.69) is 6.92 Å². The summed E-state index contributed by atoms with van der Waals surface area (Å²) < 4.78 is 0. The van der Waals surface area contributed by atoms with E-state index in [4.69, 9.17) is 5.73 Å². The maximum atomic E-state index is 9.32. The van der Waals surface area contributed by atoms with Crippen molar-refractivity contribution in [3.63, 3.8) is 0 Å². The third kappa shape index (κ3) is 17.6. The van der Waals surface area contributed by atoms with Gasteiger partial charge in [-0.25, -0.2) is 0 Å². The second-order valence-electron chi connectivity index (χ2n) is 0.800. The quantitative estimate of drug-likeness (QED) is 0.510. The molecule has 0 saturated heterocycles. The maximum absolute atomic E-state index is 9.32. The van der Waals surface area contributed by atoms with Gasteiger partial charge in [0.1, 0.15) is 6.29 Å². The summed E-state index contributed by atoms with van der Waals surface area (Å²) in [5, 5.41) is 0. The van der Waals surface area contributed by atoms with Crippen LogP contribution in [-0.2, 0) is 4.79 Å². The molecule has 0 aromatic rings. The van der Waals surface area contributed by atoms with Gasteiger partial charge in [-0.3, -0.25) is 0 Å². The summed E-state index contributed by atoms with van der Waals surface area (Å²) in [5.41, 5.74) is 4.81. The molecule has 0 aliphatic heterocycles. The van der Waals surface area contributed by atoms with Gasteiger partial charge >= 0.3 is 0 Å². The average molecular weight is 339 g/mol. The van der Waals surface area contributed by atoms with Crippen LogP contribution in [0.4, 0.5) is 0 Å². The molecule has 32 valence electrons. The summed E-state index contributed by atoms with van der Waals surface area (Å²) in [6, 6.07) is -0.546. The molecule has 0 aliphatic rings. The monoisotopic (exact) mass is 339 g/mol. The Morgan fingerprint density at radius 2 is 2.00 bits per heavy atom. The molecule has 0 heterocycles. The largest absolute Gasteiger partial charge is 0.350 e. The van der Waals surface area contributed by atoms with Crippen LogP contribution in [0.15, 0.2) is 0 Å². The zero-order valence-electron chi connectivity index (χ0n) is 3.55. The number of hydrogen-bond donors (Lipinski definition) is 1. The van der Waals surface area contributed by atoms with Crippen LogP contribution in [0, 0.1) is 6.92 Å². The zero-order valence-corrected chi connectivity index (χ0v) is 9.95. The van der Waals surface area contributed by atoms with Crippen LogP contribution >= 0.6 is 0 Å². The van der Waals surface area contributed by atoms with Crippen LogP contribution in [0.25, 0.3) is 0 Å². The minimum absolute atomic E-state index is 0. The first-order valence-corrected chi connectivity index (χ1v) is 1.31. The fourth-order valence-electron chi connectivity index (χ4n) is 0. The van der Waals surface area contributed by atoms with Gasteiger partial charge in [0, 0.05) is 0 Å². The zero-order chi connectivity index (χ0) is 4.28. The van der Waals surface area contributed by atoms with Crippen molar-refractivity contribution in [2.75, 3.05) is 0 Å². The first-order chi connectivity index (χ1) is 2.27. The van der Waals surface area contributed by atoms with Gasteiger partial charge in [0.2, 0.25) is 0 Å². The van der Waals surface area contributed by atoms with E-state index in [0.29, 0.717) is 6.29 Å². The van der Waals surface area contributed by atoms with Crippen molar-refractivity contribution in [2.45, 2.75) is 6.04 Å². The summed E-state index contributed by atoms with van der Waals surface area (Å²) in [4.78, 5) is 9.32. The van der Waals surface area contributed by atoms with Gasteiger partial charge in [-0.05, 0) is 0 Å². The Bertz CT molecular complexity index is 37.8. The Kier molecular flexibility index (Phi) is 5.34. The Balaban J connectivity index is 0. The Labute approximate surface area is 31.0 Å². The van der Waals surface area contributed by atoms with Crippen molar-refractivity contribution in [3.05, 3.63) is 6.92 Å². The molecule has 0 amide bonds. The van der Waals surface area contributed by atoms with Crippen molar-refractivity contribution in [3.8, 4) is 0 Å². The van der Waals surface area contributed by atoms with Gasteiger partial charge in [0.25, 0.3) is 0 Å². The van der Waals surface area contributed by atoms with E-state index >= 15 is 0 Å². The first kappa shape index (κ1) is 8.82. The van der Waals surface area contributed by atoms with Crippen LogP contribution in [-0.4, -0.2) is 12.3 Å². The smallest absolute Gasteiger partial charge is 0.106 e. The van der Waals surface area contributed by atoms with Crippen molar-refractivity contribution < 1.29 is 4.79 Å². The number of nitrogens with two attached hydrogens (primary N) is 1. The predicted octanol–water partition coefficient (Wildman–Crippen LogP) is -0.653. The molecule has 6 heavy (non-hydrogen) atoms. The molecule has 0 rings (SSSR count). The molecular weight excluding hydrogens is 333 g/mol. The van der Waals surface area contributed by atoms with E-state index in [1.54, 1.807) is 0 Å². The molecule has 0 saturated carbocycles. The number of carbonyl (C=O) groups is 1. The van der Waals surface area contributed by atoms with Crippen LogP contribution < -0.4 is 5.73 Å². The molecule has 0 aromatic heterocycles. The standard InChI is InChI=1S/C3H6NO.Rf/c1-3(4)2-5;/h2-3H,1,4H2;/q-1;. The van der Waals surface area contributed by atoms with Crippen LogP contribution in [0.3, 0.4) is 0 Å². The summed E-state index contributed by atoms with van der Waals surface area (Å²) in [5.74, 6) is 0. The van der Waals surface area contributed by atoms with Gasteiger partial charge in [-0.2, -0.15) is 0 Å². The van der Waals surface area contributed by atoms with E-state index in [1.165, 1.54) is 0 Å². The number of carbonyl (C=O) groups excluding carboxylic acids is 1. The predicted molar refractivity (Wildman–Crippen MR) is 19.4 cm³/mol. The Morgan fingerprint density at radius 1 is 1.83 bits per heavy atom. The van der Waals surface area contributed by atoms with Crippen molar-refractivity contribution in [1.82, 2.24) is 0 Å². The van der Waals surface area contributed by atoms with Crippen molar-refractivity contribution in [2.24, 2.45) is 5.73 Å². The third-order valence-corrected chi connectivity index (χ3v) is 0.175. The molecule has 1 unspecified atom stereocenters. The molecule has 1 atom stereocenters. The Morgan fingerprint density at radius 3 is 2.00 bits per heavy atom. The molecule has 0 aliphatic carbocycles. The average Bonchev–Trinajstić information content (AvgIpc) is 1.38. The van der Waals surface area contributed by atoms with Crippen LogP contribution in [0.2, 0.25) is 0 Å². The second-order valence-corrected chi connectivity index (χ2v) is 0.800. The summed E-state index contributed by atoms with van der Waals surface area (Å²) in [6.45, 7) is 3.17. The molecule has 3 heteroatoms. The minimum atomic E-state index is -0.546. The molecule has 0 fully saturated rings. The van der Waals surface area contributed by atoms with Gasteiger partial charge < -0.3 is 17.5 Å². The second kappa shape index (κ2) is 3.63. The van der Waals surface area contributed by atoms with E-state index in [1.807, 2.05) is 0 Å². The van der Waals surface area contributed by atoms with E-state index < -0.39 is 6.04 Å². The number of hydrogen-bond acceptors (Lipinski definition) is 2. The normalized spacial score (nSPS) is 11.7. The summed E-state index contributed by atoms with van der Waals surface area (Å²) in [6.07, 6.45) is 0.583. The molecule has 0 radical (unpaired) electrons. The van der Waals surface area contributed by atoms with Crippen LogP contribution in [0.1, 0.15) is 0 Å². The van der Waals surface area contributed by atoms with Gasteiger partial charge in [-0.15, -0.1) is 0 Å². The topological polar surface area (TPSA) is 43.1 Å². The fourth-order valence-corrected chi connectivity index (χ4v) is 0. The van der Waals surface area contributed by atoms with E-state index in [0.717, 1.165) is 0 Å². The molecule has 0 aromatic carbocycles. The van der Waals surface area contributed by atoms with Gasteiger partial charge in [0.15, 0.2) is 0 Å². The fraction of sp³-hybridized carbons (Fsp3) is 0.333. The van der Waals surface area contributed by atoms with E-state index in [9.17, 15) is 4.79 Å². The molecule has 0 bridgehead atoms. The third-order valence-electron chi connectivity index (χ3n) is 0.175. The van der Waals surface area contributed by atoms with Crippen molar-refractivity contribution in [1.29, 1.82) is 0 Å². The SMILES string of the molecule is [CH2-]C(N)C=O.[Rf]. The molecule has 2 nitrogen and oxygen atoms in total. The molecule has 2 N–H and O–H groups in total. The molecule has 0 spiro atoms. The maximum Gasteiger partial charge on any atom is 0.106 e. The summed E-state index contributed by atoms with van der Waals surface area (Å²) in [7, 11) is 0. The Hall–Kier alpha value is -1.37. The minimum Gasteiger partial charge on any atom is -0.350 e. The first-order valence-electron chi connectivity index (χ1n) is 1.31. The van der Waals surface area contributed by atoms with E-state index in [-0.39, 0.29) is 0 Å². The van der Waals surface area contributed by atoms with Gasteiger partial charge in [0.05, 0.1) is 0 Å². The number of aldehydes is 1. The van der Waals surface area contributed by atoms with Crippen LogP contribution in [0.5, 0.6) is 0 Å². The van der Waals surface area contributed by atoms with Gasteiger partial charge in [-0.1, -0.05) is 6.04 Å². The number of rotatable bonds is 1. The van der Waals surface area contributed by atoms with Crippen molar-refractivity contribution >= 4 is 6.29 Å². The summed E-state index contributed by atoms with van der Waals surface area (Å²) >= 11 is 0.